The zero-order valence-electron chi connectivity index (χ0n) is 13.8. The van der Waals surface area contributed by atoms with E-state index < -0.39 is 0 Å². The lowest BCUT2D eigenvalue weighted by Gasteiger charge is -2.31. The van der Waals surface area contributed by atoms with E-state index in [1.807, 2.05) is 31.2 Å². The van der Waals surface area contributed by atoms with Crippen LogP contribution >= 0.6 is 0 Å². The minimum Gasteiger partial charge on any atom is -0.486 e. The average molecular weight is 329 g/mol. The van der Waals surface area contributed by atoms with Crippen LogP contribution in [-0.2, 0) is 0 Å². The van der Waals surface area contributed by atoms with Gasteiger partial charge in [0.2, 0.25) is 0 Å². The van der Waals surface area contributed by atoms with Gasteiger partial charge in [0, 0.05) is 12.1 Å². The van der Waals surface area contributed by atoms with Crippen molar-refractivity contribution < 1.29 is 18.7 Å². The predicted octanol–water partition coefficient (Wildman–Crippen LogP) is 3.44. The summed E-state index contributed by atoms with van der Waals surface area (Å²) in [5.41, 5.74) is 0.868. The monoisotopic (exact) mass is 329 g/mol. The number of carbonyl (C=O) groups is 1. The minimum atomic E-state index is -0.372. The van der Waals surface area contributed by atoms with Crippen LogP contribution in [0.25, 0.3) is 0 Å². The van der Waals surface area contributed by atoms with E-state index in [4.69, 9.17) is 9.47 Å². The van der Waals surface area contributed by atoms with Gasteiger partial charge in [-0.3, -0.25) is 4.79 Å². The molecular formula is C19H20FNO3. The molecule has 3 rings (SSSR count). The largest absolute Gasteiger partial charge is 0.486 e. The number of hydrogen-bond donors (Lipinski definition) is 0. The first-order chi connectivity index (χ1) is 11.6. The fourth-order valence-electron chi connectivity index (χ4n) is 2.66. The van der Waals surface area contributed by atoms with Gasteiger partial charge in [0.1, 0.15) is 12.4 Å². The number of likely N-dealkylation sites (N-methyl/N-ethyl adjacent to an activating group) is 1. The quantitative estimate of drug-likeness (QED) is 0.862. The number of fused-ring (bicyclic) bond motifs is 1. The van der Waals surface area contributed by atoms with Crippen LogP contribution < -0.4 is 9.47 Å². The molecular weight excluding hydrogens is 309 g/mol. The van der Waals surface area contributed by atoms with Gasteiger partial charge in [0.25, 0.3) is 5.91 Å². The van der Waals surface area contributed by atoms with E-state index in [1.165, 1.54) is 6.07 Å². The number of benzene rings is 2. The van der Waals surface area contributed by atoms with Gasteiger partial charge < -0.3 is 14.4 Å². The Labute approximate surface area is 140 Å². The van der Waals surface area contributed by atoms with Crippen molar-refractivity contribution in [1.29, 1.82) is 0 Å². The second-order valence-electron chi connectivity index (χ2n) is 5.81. The highest BCUT2D eigenvalue weighted by molar-refractivity contribution is 5.94. The van der Waals surface area contributed by atoms with Crippen LogP contribution in [0.15, 0.2) is 42.5 Å². The predicted molar refractivity (Wildman–Crippen MR) is 89.1 cm³/mol. The molecule has 1 unspecified atom stereocenters. The lowest BCUT2D eigenvalue weighted by molar-refractivity contribution is 0.0474. The molecule has 0 aliphatic carbocycles. The van der Waals surface area contributed by atoms with E-state index in [0.29, 0.717) is 42.3 Å². The number of amides is 1. The SMILES string of the molecule is CCN(CC1COc2ccccc2O1)C(=O)c1ccc(C)c(F)c1. The highest BCUT2D eigenvalue weighted by atomic mass is 19.1. The molecule has 0 fully saturated rings. The van der Waals surface area contributed by atoms with E-state index in [0.717, 1.165) is 0 Å². The van der Waals surface area contributed by atoms with Gasteiger partial charge in [-0.05, 0) is 43.7 Å². The Bertz CT molecular complexity index is 747. The number of carbonyl (C=O) groups excluding carboxylic acids is 1. The van der Waals surface area contributed by atoms with Gasteiger partial charge in [-0.2, -0.15) is 0 Å². The number of halogens is 1. The van der Waals surface area contributed by atoms with Crippen molar-refractivity contribution in [3.05, 3.63) is 59.4 Å². The van der Waals surface area contributed by atoms with Gasteiger partial charge in [0.15, 0.2) is 17.6 Å². The first-order valence-corrected chi connectivity index (χ1v) is 8.02. The van der Waals surface area contributed by atoms with Crippen LogP contribution in [-0.4, -0.2) is 36.6 Å². The molecule has 0 aromatic heterocycles. The molecule has 0 bridgehead atoms. The van der Waals surface area contributed by atoms with E-state index in [2.05, 4.69) is 0 Å². The molecule has 0 N–H and O–H groups in total. The highest BCUT2D eigenvalue weighted by Crippen LogP contribution is 2.31. The van der Waals surface area contributed by atoms with Crippen LogP contribution in [0.3, 0.4) is 0 Å². The first-order valence-electron chi connectivity index (χ1n) is 8.02. The van der Waals surface area contributed by atoms with E-state index in [9.17, 15) is 9.18 Å². The molecule has 2 aromatic carbocycles. The molecule has 0 saturated heterocycles. The first kappa shape index (κ1) is 16.3. The maximum Gasteiger partial charge on any atom is 0.254 e. The number of nitrogens with zero attached hydrogens (tertiary/aromatic N) is 1. The maximum absolute atomic E-state index is 13.7. The molecule has 2 aromatic rings. The summed E-state index contributed by atoms with van der Waals surface area (Å²) in [7, 11) is 0. The van der Waals surface area contributed by atoms with Crippen molar-refractivity contribution in [2.45, 2.75) is 20.0 Å². The molecule has 5 heteroatoms. The van der Waals surface area contributed by atoms with Crippen molar-refractivity contribution in [2.75, 3.05) is 19.7 Å². The molecule has 0 spiro atoms. The second kappa shape index (κ2) is 6.91. The Hall–Kier alpha value is -2.56. The van der Waals surface area contributed by atoms with Crippen molar-refractivity contribution in [3.63, 3.8) is 0 Å². The standard InChI is InChI=1S/C19H20FNO3/c1-3-21(19(22)14-9-8-13(2)16(20)10-14)11-15-12-23-17-6-4-5-7-18(17)24-15/h4-10,15H,3,11-12H2,1-2H3. The van der Waals surface area contributed by atoms with Crippen LogP contribution in [0.5, 0.6) is 11.5 Å². The van der Waals surface area contributed by atoms with Gasteiger partial charge >= 0.3 is 0 Å². The lowest BCUT2D eigenvalue weighted by atomic mass is 10.1. The summed E-state index contributed by atoms with van der Waals surface area (Å²) >= 11 is 0. The Balaban J connectivity index is 1.71. The fourth-order valence-corrected chi connectivity index (χ4v) is 2.66. The van der Waals surface area contributed by atoms with E-state index >= 15 is 0 Å². The Morgan fingerprint density at radius 3 is 2.71 bits per heavy atom. The van der Waals surface area contributed by atoms with Crippen LogP contribution in [0.1, 0.15) is 22.8 Å². The topological polar surface area (TPSA) is 38.8 Å². The van der Waals surface area contributed by atoms with Gasteiger partial charge in [-0.1, -0.05) is 18.2 Å². The summed E-state index contributed by atoms with van der Waals surface area (Å²) in [6.07, 6.45) is -0.251. The summed E-state index contributed by atoms with van der Waals surface area (Å²) in [6.45, 7) is 4.84. The molecule has 0 radical (unpaired) electrons. The lowest BCUT2D eigenvalue weighted by Crippen LogP contribution is -2.43. The molecule has 1 amide bonds. The Morgan fingerprint density at radius 1 is 1.25 bits per heavy atom. The van der Waals surface area contributed by atoms with Crippen LogP contribution in [0, 0.1) is 12.7 Å². The van der Waals surface area contributed by atoms with E-state index in [-0.39, 0.29) is 17.8 Å². The van der Waals surface area contributed by atoms with Crippen molar-refractivity contribution in [3.8, 4) is 11.5 Å². The third-order valence-corrected chi connectivity index (χ3v) is 4.08. The highest BCUT2D eigenvalue weighted by Gasteiger charge is 2.25. The summed E-state index contributed by atoms with van der Waals surface area (Å²) in [4.78, 5) is 14.3. The minimum absolute atomic E-state index is 0.209. The van der Waals surface area contributed by atoms with Crippen molar-refractivity contribution in [2.24, 2.45) is 0 Å². The average Bonchev–Trinajstić information content (AvgIpc) is 2.61. The van der Waals surface area contributed by atoms with Gasteiger partial charge in [0.05, 0.1) is 6.54 Å². The van der Waals surface area contributed by atoms with Gasteiger partial charge in [-0.15, -0.1) is 0 Å². The third-order valence-electron chi connectivity index (χ3n) is 4.08. The number of hydrogen-bond acceptors (Lipinski definition) is 3. The number of ether oxygens (including phenoxy) is 2. The zero-order valence-corrected chi connectivity index (χ0v) is 13.8. The molecule has 1 aliphatic rings. The maximum atomic E-state index is 13.7. The zero-order chi connectivity index (χ0) is 17.1. The molecule has 126 valence electrons. The molecule has 1 atom stereocenters. The molecule has 24 heavy (non-hydrogen) atoms. The number of rotatable bonds is 4. The fraction of sp³-hybridized carbons (Fsp3) is 0.316. The third kappa shape index (κ3) is 3.35. The Morgan fingerprint density at radius 2 is 2.00 bits per heavy atom. The molecule has 1 aliphatic heterocycles. The molecule has 1 heterocycles. The summed E-state index contributed by atoms with van der Waals surface area (Å²) in [5.74, 6) is 0.810. The van der Waals surface area contributed by atoms with Crippen LogP contribution in [0.2, 0.25) is 0 Å². The Kier molecular flexibility index (Phi) is 4.69. The smallest absolute Gasteiger partial charge is 0.254 e. The number of aryl methyl sites for hydroxylation is 1. The van der Waals surface area contributed by atoms with E-state index in [1.54, 1.807) is 24.0 Å². The summed E-state index contributed by atoms with van der Waals surface area (Å²) < 4.78 is 25.3. The summed E-state index contributed by atoms with van der Waals surface area (Å²) in [5, 5.41) is 0. The molecule has 4 nitrogen and oxygen atoms in total. The second-order valence-corrected chi connectivity index (χ2v) is 5.81. The van der Waals surface area contributed by atoms with Crippen molar-refractivity contribution in [1.82, 2.24) is 4.90 Å². The number of para-hydroxylation sites is 2. The summed E-state index contributed by atoms with van der Waals surface area (Å²) in [6, 6.07) is 12.0. The van der Waals surface area contributed by atoms with Crippen molar-refractivity contribution >= 4 is 5.91 Å². The normalized spacial score (nSPS) is 15.9. The molecule has 0 saturated carbocycles. The van der Waals surface area contributed by atoms with Gasteiger partial charge in [-0.25, -0.2) is 4.39 Å². The van der Waals surface area contributed by atoms with Crippen LogP contribution in [0.4, 0.5) is 4.39 Å².